The molecule has 2 nitrogen and oxygen atoms in total. The SMILES string of the molecule is O=CCC1CCCc2ccccc2C1=O. The summed E-state index contributed by atoms with van der Waals surface area (Å²) in [6.45, 7) is 0. The first kappa shape index (κ1) is 10.1. The summed E-state index contributed by atoms with van der Waals surface area (Å²) in [5.74, 6) is 0.0568. The van der Waals surface area contributed by atoms with Crippen LogP contribution >= 0.6 is 0 Å². The van der Waals surface area contributed by atoms with Crippen LogP contribution in [0.4, 0.5) is 0 Å². The lowest BCUT2D eigenvalue weighted by molar-refractivity contribution is -0.108. The third kappa shape index (κ3) is 1.99. The summed E-state index contributed by atoms with van der Waals surface area (Å²) in [6.07, 6.45) is 4.02. The monoisotopic (exact) mass is 202 g/mol. The molecule has 0 bridgehead atoms. The zero-order valence-electron chi connectivity index (χ0n) is 8.61. The van der Waals surface area contributed by atoms with Gasteiger partial charge in [0.15, 0.2) is 5.78 Å². The lowest BCUT2D eigenvalue weighted by Crippen LogP contribution is -2.14. The molecule has 1 aliphatic carbocycles. The summed E-state index contributed by atoms with van der Waals surface area (Å²) in [4.78, 5) is 22.6. The van der Waals surface area contributed by atoms with Crippen LogP contribution in [0.25, 0.3) is 0 Å². The van der Waals surface area contributed by atoms with Crippen molar-refractivity contribution in [3.05, 3.63) is 35.4 Å². The first-order valence-electron chi connectivity index (χ1n) is 5.38. The molecule has 0 amide bonds. The Balaban J connectivity index is 2.34. The Kier molecular flexibility index (Phi) is 2.95. The van der Waals surface area contributed by atoms with Gasteiger partial charge in [-0.2, -0.15) is 0 Å². The molecular weight excluding hydrogens is 188 g/mol. The standard InChI is InChI=1S/C13H14O2/c14-9-8-11-6-3-5-10-4-1-2-7-12(10)13(11)15/h1-2,4,7,9,11H,3,5-6,8H2. The zero-order chi connectivity index (χ0) is 10.7. The van der Waals surface area contributed by atoms with E-state index in [-0.39, 0.29) is 11.7 Å². The van der Waals surface area contributed by atoms with Gasteiger partial charge in [0.1, 0.15) is 6.29 Å². The first-order chi connectivity index (χ1) is 7.33. The second kappa shape index (κ2) is 4.39. The summed E-state index contributed by atoms with van der Waals surface area (Å²) in [6, 6.07) is 7.74. The molecule has 0 heterocycles. The summed E-state index contributed by atoms with van der Waals surface area (Å²) in [5.41, 5.74) is 1.96. The molecular formula is C13H14O2. The van der Waals surface area contributed by atoms with E-state index in [9.17, 15) is 9.59 Å². The van der Waals surface area contributed by atoms with E-state index in [0.29, 0.717) is 6.42 Å². The van der Waals surface area contributed by atoms with Crippen molar-refractivity contribution in [2.45, 2.75) is 25.7 Å². The Morgan fingerprint density at radius 3 is 2.93 bits per heavy atom. The van der Waals surface area contributed by atoms with Crippen LogP contribution in [0.5, 0.6) is 0 Å². The highest BCUT2D eigenvalue weighted by Gasteiger charge is 2.24. The predicted molar refractivity (Wildman–Crippen MR) is 57.9 cm³/mol. The van der Waals surface area contributed by atoms with Crippen molar-refractivity contribution in [3.63, 3.8) is 0 Å². The Morgan fingerprint density at radius 1 is 1.33 bits per heavy atom. The highest BCUT2D eigenvalue weighted by Crippen LogP contribution is 2.25. The average Bonchev–Trinajstić information content (AvgIpc) is 2.41. The lowest BCUT2D eigenvalue weighted by Gasteiger charge is -2.09. The second-order valence-corrected chi connectivity index (χ2v) is 4.01. The van der Waals surface area contributed by atoms with Crippen LogP contribution in [0.3, 0.4) is 0 Å². The molecule has 0 fully saturated rings. The van der Waals surface area contributed by atoms with Crippen LogP contribution in [-0.4, -0.2) is 12.1 Å². The highest BCUT2D eigenvalue weighted by atomic mass is 16.1. The first-order valence-corrected chi connectivity index (χ1v) is 5.38. The van der Waals surface area contributed by atoms with Crippen LogP contribution in [0.2, 0.25) is 0 Å². The maximum absolute atomic E-state index is 12.1. The number of aryl methyl sites for hydroxylation is 1. The molecule has 0 N–H and O–H groups in total. The Hall–Kier alpha value is -1.44. The van der Waals surface area contributed by atoms with E-state index in [1.807, 2.05) is 24.3 Å². The molecule has 0 saturated heterocycles. The second-order valence-electron chi connectivity index (χ2n) is 4.01. The van der Waals surface area contributed by atoms with E-state index in [2.05, 4.69) is 0 Å². The van der Waals surface area contributed by atoms with Gasteiger partial charge in [0.05, 0.1) is 0 Å². The molecule has 1 aromatic rings. The molecule has 1 unspecified atom stereocenters. The topological polar surface area (TPSA) is 34.1 Å². The third-order valence-electron chi connectivity index (χ3n) is 3.03. The fraction of sp³-hybridized carbons (Fsp3) is 0.385. The van der Waals surface area contributed by atoms with Gasteiger partial charge < -0.3 is 4.79 Å². The number of carbonyl (C=O) groups excluding carboxylic acids is 2. The van der Waals surface area contributed by atoms with Crippen LogP contribution in [0.15, 0.2) is 24.3 Å². The minimum atomic E-state index is -0.0915. The summed E-state index contributed by atoms with van der Waals surface area (Å²) < 4.78 is 0. The summed E-state index contributed by atoms with van der Waals surface area (Å²) >= 11 is 0. The molecule has 0 aliphatic heterocycles. The lowest BCUT2D eigenvalue weighted by atomic mass is 9.93. The van der Waals surface area contributed by atoms with Gasteiger partial charge in [0.25, 0.3) is 0 Å². The van der Waals surface area contributed by atoms with Gasteiger partial charge in [-0.15, -0.1) is 0 Å². The van der Waals surface area contributed by atoms with E-state index >= 15 is 0 Å². The van der Waals surface area contributed by atoms with Crippen LogP contribution in [0.1, 0.15) is 35.2 Å². The van der Waals surface area contributed by atoms with Crippen molar-refractivity contribution in [2.24, 2.45) is 5.92 Å². The summed E-state index contributed by atoms with van der Waals surface area (Å²) in [7, 11) is 0. The van der Waals surface area contributed by atoms with Crippen molar-refractivity contribution < 1.29 is 9.59 Å². The fourth-order valence-corrected chi connectivity index (χ4v) is 2.21. The minimum Gasteiger partial charge on any atom is -0.303 e. The van der Waals surface area contributed by atoms with Gasteiger partial charge in [-0.25, -0.2) is 0 Å². The van der Waals surface area contributed by atoms with E-state index < -0.39 is 0 Å². The highest BCUT2D eigenvalue weighted by molar-refractivity contribution is 6.00. The number of aldehydes is 1. The van der Waals surface area contributed by atoms with Gasteiger partial charge in [-0.05, 0) is 24.8 Å². The molecule has 1 atom stereocenters. The van der Waals surface area contributed by atoms with Gasteiger partial charge in [0.2, 0.25) is 0 Å². The molecule has 0 radical (unpaired) electrons. The smallest absolute Gasteiger partial charge is 0.166 e. The quantitative estimate of drug-likeness (QED) is 0.545. The van der Waals surface area contributed by atoms with Gasteiger partial charge in [0, 0.05) is 17.9 Å². The number of benzene rings is 1. The van der Waals surface area contributed by atoms with Crippen molar-refractivity contribution in [1.82, 2.24) is 0 Å². The average molecular weight is 202 g/mol. The minimum absolute atomic E-state index is 0.0915. The van der Waals surface area contributed by atoms with Crippen LogP contribution in [-0.2, 0) is 11.2 Å². The number of Topliss-reactive ketones (excluding diaryl/α,β-unsaturated/α-hetero) is 1. The number of carbonyl (C=O) groups is 2. The van der Waals surface area contributed by atoms with E-state index in [4.69, 9.17) is 0 Å². The largest absolute Gasteiger partial charge is 0.303 e. The molecule has 0 saturated carbocycles. The Morgan fingerprint density at radius 2 is 2.13 bits per heavy atom. The molecule has 15 heavy (non-hydrogen) atoms. The molecule has 78 valence electrons. The molecule has 0 spiro atoms. The predicted octanol–water partition coefficient (Wildman–Crippen LogP) is 2.41. The van der Waals surface area contributed by atoms with Crippen LogP contribution in [0, 0.1) is 5.92 Å². The summed E-state index contributed by atoms with van der Waals surface area (Å²) in [5, 5.41) is 0. The van der Waals surface area contributed by atoms with Gasteiger partial charge >= 0.3 is 0 Å². The number of hydrogen-bond acceptors (Lipinski definition) is 2. The molecule has 1 aromatic carbocycles. The molecule has 2 heteroatoms. The number of fused-ring (bicyclic) bond motifs is 1. The third-order valence-corrected chi connectivity index (χ3v) is 3.03. The van der Waals surface area contributed by atoms with Crippen molar-refractivity contribution in [3.8, 4) is 0 Å². The van der Waals surface area contributed by atoms with Gasteiger partial charge in [-0.3, -0.25) is 4.79 Å². The van der Waals surface area contributed by atoms with Crippen LogP contribution < -0.4 is 0 Å². The molecule has 0 aromatic heterocycles. The maximum atomic E-state index is 12.1. The normalized spacial score (nSPS) is 20.5. The zero-order valence-corrected chi connectivity index (χ0v) is 8.61. The van der Waals surface area contributed by atoms with Gasteiger partial charge in [-0.1, -0.05) is 24.3 Å². The van der Waals surface area contributed by atoms with Crippen molar-refractivity contribution in [2.75, 3.05) is 0 Å². The molecule has 2 rings (SSSR count). The number of ketones is 1. The Labute approximate surface area is 89.3 Å². The van der Waals surface area contributed by atoms with E-state index in [1.165, 1.54) is 0 Å². The van der Waals surface area contributed by atoms with Crippen molar-refractivity contribution in [1.29, 1.82) is 0 Å². The van der Waals surface area contributed by atoms with E-state index in [1.54, 1.807) is 0 Å². The maximum Gasteiger partial charge on any atom is 0.166 e. The van der Waals surface area contributed by atoms with E-state index in [0.717, 1.165) is 36.7 Å². The Bertz CT molecular complexity index is 382. The fourth-order valence-electron chi connectivity index (χ4n) is 2.21. The number of rotatable bonds is 2. The van der Waals surface area contributed by atoms with Crippen molar-refractivity contribution >= 4 is 12.1 Å². The molecule has 1 aliphatic rings. The number of hydrogen-bond donors (Lipinski definition) is 0.